The van der Waals surface area contributed by atoms with Crippen LogP contribution < -0.4 is 0 Å². The van der Waals surface area contributed by atoms with Gasteiger partial charge in [0.05, 0.1) is 0 Å². The minimum Gasteiger partial charge on any atom is -0.0764 e. The third kappa shape index (κ3) is 2.21. The molecular formula is C16H22. The fourth-order valence-electron chi connectivity index (χ4n) is 2.49. The second kappa shape index (κ2) is 3.76. The highest BCUT2D eigenvalue weighted by Gasteiger charge is 2.23. The van der Waals surface area contributed by atoms with Gasteiger partial charge in [-0.25, -0.2) is 0 Å². The lowest BCUT2D eigenvalue weighted by Crippen LogP contribution is -2.10. The summed E-state index contributed by atoms with van der Waals surface area (Å²) in [5.41, 5.74) is 6.17. The van der Waals surface area contributed by atoms with Crippen molar-refractivity contribution in [3.05, 3.63) is 40.5 Å². The van der Waals surface area contributed by atoms with Crippen LogP contribution >= 0.6 is 0 Å². The van der Waals surface area contributed by atoms with Gasteiger partial charge in [0.1, 0.15) is 0 Å². The van der Waals surface area contributed by atoms with Gasteiger partial charge in [0.25, 0.3) is 0 Å². The monoisotopic (exact) mass is 214 g/mol. The van der Waals surface area contributed by atoms with Gasteiger partial charge in [0.15, 0.2) is 0 Å². The first kappa shape index (κ1) is 11.4. The van der Waals surface area contributed by atoms with E-state index in [2.05, 4.69) is 58.9 Å². The molecule has 1 aliphatic carbocycles. The van der Waals surface area contributed by atoms with E-state index >= 15 is 0 Å². The van der Waals surface area contributed by atoms with Gasteiger partial charge >= 0.3 is 0 Å². The van der Waals surface area contributed by atoms with E-state index in [1.165, 1.54) is 28.7 Å². The van der Waals surface area contributed by atoms with Crippen LogP contribution in [0.1, 0.15) is 55.4 Å². The van der Waals surface area contributed by atoms with Gasteiger partial charge in [-0.1, -0.05) is 45.1 Å². The number of hydrogen-bond donors (Lipinski definition) is 0. The molecule has 0 heteroatoms. The average Bonchev–Trinajstić information content (AvgIpc) is 2.47. The van der Waals surface area contributed by atoms with E-state index in [1.54, 1.807) is 0 Å². The maximum absolute atomic E-state index is 2.38. The molecule has 1 unspecified atom stereocenters. The average molecular weight is 214 g/mol. The first-order valence-corrected chi connectivity index (χ1v) is 6.16. The number of hydrogen-bond acceptors (Lipinski definition) is 0. The Hall–Kier alpha value is -1.04. The summed E-state index contributed by atoms with van der Waals surface area (Å²) in [7, 11) is 0. The standard InChI is InChI=1S/C16H22/c1-11-8-13-6-7-14(10-16(3,4)5)15(13)9-12(11)2/h6-9,14H,10H2,1-5H3. The lowest BCUT2D eigenvalue weighted by Gasteiger charge is -2.23. The smallest absolute Gasteiger partial charge is 0.00323 e. The van der Waals surface area contributed by atoms with E-state index in [0.29, 0.717) is 11.3 Å². The summed E-state index contributed by atoms with van der Waals surface area (Å²) in [6.45, 7) is 11.4. The Bertz CT molecular complexity index is 430. The zero-order valence-electron chi connectivity index (χ0n) is 11.1. The fraction of sp³-hybridized carbons (Fsp3) is 0.500. The minimum atomic E-state index is 0.398. The normalized spacial score (nSPS) is 18.9. The van der Waals surface area contributed by atoms with E-state index in [9.17, 15) is 0 Å². The SMILES string of the molecule is Cc1cc2c(cc1C)C(CC(C)(C)C)C=C2. The molecule has 0 bridgehead atoms. The van der Waals surface area contributed by atoms with Gasteiger partial charge in [-0.05, 0) is 47.9 Å². The van der Waals surface area contributed by atoms with Crippen molar-refractivity contribution >= 4 is 6.08 Å². The molecule has 0 saturated carbocycles. The van der Waals surface area contributed by atoms with Gasteiger partial charge < -0.3 is 0 Å². The zero-order chi connectivity index (χ0) is 11.9. The van der Waals surface area contributed by atoms with Crippen molar-refractivity contribution in [1.82, 2.24) is 0 Å². The molecule has 2 rings (SSSR count). The Morgan fingerprint density at radius 3 is 2.31 bits per heavy atom. The fourth-order valence-corrected chi connectivity index (χ4v) is 2.49. The van der Waals surface area contributed by atoms with Crippen LogP contribution in [0.15, 0.2) is 18.2 Å². The van der Waals surface area contributed by atoms with Gasteiger partial charge in [0, 0.05) is 5.92 Å². The number of fused-ring (bicyclic) bond motifs is 1. The van der Waals surface area contributed by atoms with Crippen LogP contribution in [0, 0.1) is 19.3 Å². The number of benzene rings is 1. The molecule has 0 nitrogen and oxygen atoms in total. The zero-order valence-corrected chi connectivity index (χ0v) is 11.1. The molecule has 0 N–H and O–H groups in total. The molecule has 0 radical (unpaired) electrons. The quantitative estimate of drug-likeness (QED) is 0.627. The highest BCUT2D eigenvalue weighted by Crippen LogP contribution is 2.39. The van der Waals surface area contributed by atoms with Gasteiger partial charge in [0.2, 0.25) is 0 Å². The summed E-state index contributed by atoms with van der Waals surface area (Å²) in [6.07, 6.45) is 5.89. The van der Waals surface area contributed by atoms with E-state index in [1.807, 2.05) is 0 Å². The first-order chi connectivity index (χ1) is 7.37. The molecule has 16 heavy (non-hydrogen) atoms. The van der Waals surface area contributed by atoms with Crippen molar-refractivity contribution in [2.24, 2.45) is 5.41 Å². The van der Waals surface area contributed by atoms with E-state index in [0.717, 1.165) is 0 Å². The summed E-state index contributed by atoms with van der Waals surface area (Å²) in [5.74, 6) is 0.620. The molecule has 86 valence electrons. The van der Waals surface area contributed by atoms with Crippen LogP contribution in [0.4, 0.5) is 0 Å². The van der Waals surface area contributed by atoms with Crippen LogP contribution in [0.25, 0.3) is 6.08 Å². The second-order valence-electron chi connectivity index (χ2n) is 6.30. The topological polar surface area (TPSA) is 0 Å². The molecule has 1 aromatic carbocycles. The van der Waals surface area contributed by atoms with Crippen LogP contribution in [0.5, 0.6) is 0 Å². The van der Waals surface area contributed by atoms with E-state index < -0.39 is 0 Å². The molecule has 0 amide bonds. The number of rotatable bonds is 1. The van der Waals surface area contributed by atoms with E-state index in [4.69, 9.17) is 0 Å². The number of aryl methyl sites for hydroxylation is 2. The van der Waals surface area contributed by atoms with Crippen LogP contribution in [-0.4, -0.2) is 0 Å². The summed E-state index contributed by atoms with van der Waals surface area (Å²) in [6, 6.07) is 4.70. The number of allylic oxidation sites excluding steroid dienone is 1. The van der Waals surface area contributed by atoms with Crippen molar-refractivity contribution in [3.8, 4) is 0 Å². The Morgan fingerprint density at radius 1 is 1.06 bits per heavy atom. The molecule has 0 saturated heterocycles. The maximum atomic E-state index is 2.38. The molecule has 0 aliphatic heterocycles. The molecule has 1 aliphatic rings. The minimum absolute atomic E-state index is 0.398. The van der Waals surface area contributed by atoms with E-state index in [-0.39, 0.29) is 0 Å². The largest absolute Gasteiger partial charge is 0.0764 e. The van der Waals surface area contributed by atoms with Crippen molar-refractivity contribution in [2.45, 2.75) is 47.0 Å². The Balaban J connectivity index is 2.33. The van der Waals surface area contributed by atoms with Gasteiger partial charge in [-0.3, -0.25) is 0 Å². The van der Waals surface area contributed by atoms with Crippen molar-refractivity contribution < 1.29 is 0 Å². The Labute approximate surface area is 99.4 Å². The van der Waals surface area contributed by atoms with Gasteiger partial charge in [-0.2, -0.15) is 0 Å². The second-order valence-corrected chi connectivity index (χ2v) is 6.30. The van der Waals surface area contributed by atoms with Crippen LogP contribution in [0.3, 0.4) is 0 Å². The van der Waals surface area contributed by atoms with Crippen LogP contribution in [0.2, 0.25) is 0 Å². The summed E-state index contributed by atoms with van der Waals surface area (Å²) in [4.78, 5) is 0. The molecule has 1 aromatic rings. The van der Waals surface area contributed by atoms with Gasteiger partial charge in [-0.15, -0.1) is 0 Å². The summed E-state index contributed by atoms with van der Waals surface area (Å²) < 4.78 is 0. The highest BCUT2D eigenvalue weighted by molar-refractivity contribution is 5.64. The molecule has 0 aromatic heterocycles. The lowest BCUT2D eigenvalue weighted by atomic mass is 9.82. The third-order valence-electron chi connectivity index (χ3n) is 3.44. The molecule has 1 atom stereocenters. The molecule has 0 heterocycles. The molecule has 0 spiro atoms. The summed E-state index contributed by atoms with van der Waals surface area (Å²) in [5, 5.41) is 0. The molecule has 0 fully saturated rings. The van der Waals surface area contributed by atoms with Crippen LogP contribution in [-0.2, 0) is 0 Å². The van der Waals surface area contributed by atoms with Crippen molar-refractivity contribution in [3.63, 3.8) is 0 Å². The van der Waals surface area contributed by atoms with Crippen molar-refractivity contribution in [1.29, 1.82) is 0 Å². The Morgan fingerprint density at radius 2 is 1.69 bits per heavy atom. The Kier molecular flexibility index (Phi) is 2.69. The summed E-state index contributed by atoms with van der Waals surface area (Å²) >= 11 is 0. The predicted octanol–water partition coefficient (Wildman–Crippen LogP) is 4.85. The first-order valence-electron chi connectivity index (χ1n) is 6.16. The molecular weight excluding hydrogens is 192 g/mol. The van der Waals surface area contributed by atoms with Crippen molar-refractivity contribution in [2.75, 3.05) is 0 Å². The lowest BCUT2D eigenvalue weighted by molar-refractivity contribution is 0.362. The predicted molar refractivity (Wildman–Crippen MR) is 71.8 cm³/mol. The highest BCUT2D eigenvalue weighted by atomic mass is 14.3. The third-order valence-corrected chi connectivity index (χ3v) is 3.44. The maximum Gasteiger partial charge on any atom is 0.00323 e.